The predicted octanol–water partition coefficient (Wildman–Crippen LogP) is 4.33. The van der Waals surface area contributed by atoms with Gasteiger partial charge in [0.05, 0.1) is 32.2 Å². The molecule has 8 nitrogen and oxygen atoms in total. The van der Waals surface area contributed by atoms with E-state index in [0.29, 0.717) is 56.1 Å². The SMILES string of the molecule is COc1cc(/C=C/C(=O)Nc2cc(C)c3c(=O)oc4ccccc4c3n2)cc(OC)c1OC. The van der Waals surface area contributed by atoms with Crippen molar-refractivity contribution in [2.75, 3.05) is 26.6 Å². The van der Waals surface area contributed by atoms with E-state index in [-0.39, 0.29) is 5.91 Å². The third kappa shape index (κ3) is 4.23. The lowest BCUT2D eigenvalue weighted by atomic mass is 10.1. The first-order valence-corrected chi connectivity index (χ1v) is 10.1. The number of nitrogens with one attached hydrogen (secondary N) is 1. The molecule has 0 unspecified atom stereocenters. The predicted molar refractivity (Wildman–Crippen MR) is 126 cm³/mol. The van der Waals surface area contributed by atoms with Gasteiger partial charge in [0.25, 0.3) is 0 Å². The zero-order valence-electron chi connectivity index (χ0n) is 18.6. The highest BCUT2D eigenvalue weighted by molar-refractivity contribution is 6.05. The van der Waals surface area contributed by atoms with Gasteiger partial charge in [0.15, 0.2) is 11.5 Å². The quantitative estimate of drug-likeness (QED) is 0.267. The number of nitrogens with zero attached hydrogens (tertiary/aromatic N) is 1. The molecule has 0 aliphatic rings. The molecule has 0 radical (unpaired) electrons. The van der Waals surface area contributed by atoms with E-state index >= 15 is 0 Å². The van der Waals surface area contributed by atoms with Gasteiger partial charge in [0.2, 0.25) is 11.7 Å². The van der Waals surface area contributed by atoms with Crippen LogP contribution >= 0.6 is 0 Å². The Hall–Kier alpha value is -4.33. The second kappa shape index (κ2) is 9.04. The van der Waals surface area contributed by atoms with E-state index in [9.17, 15) is 9.59 Å². The van der Waals surface area contributed by atoms with Gasteiger partial charge < -0.3 is 23.9 Å². The third-order valence-electron chi connectivity index (χ3n) is 5.13. The summed E-state index contributed by atoms with van der Waals surface area (Å²) in [5.41, 5.74) is 1.79. The van der Waals surface area contributed by atoms with Gasteiger partial charge in [0.1, 0.15) is 11.4 Å². The van der Waals surface area contributed by atoms with Crippen LogP contribution in [0.25, 0.3) is 27.9 Å². The molecule has 0 fully saturated rings. The van der Waals surface area contributed by atoms with Crippen LogP contribution in [0, 0.1) is 6.92 Å². The zero-order chi connectivity index (χ0) is 23.5. The number of hydrogen-bond acceptors (Lipinski definition) is 7. The molecule has 0 saturated carbocycles. The molecule has 0 atom stereocenters. The normalized spacial score (nSPS) is 11.2. The van der Waals surface area contributed by atoms with Crippen molar-refractivity contribution in [3.8, 4) is 17.2 Å². The van der Waals surface area contributed by atoms with Crippen LogP contribution < -0.4 is 25.2 Å². The average molecular weight is 446 g/mol. The van der Waals surface area contributed by atoms with E-state index in [4.69, 9.17) is 18.6 Å². The maximum atomic E-state index is 12.6. The van der Waals surface area contributed by atoms with Crippen molar-refractivity contribution in [2.24, 2.45) is 0 Å². The average Bonchev–Trinajstić information content (AvgIpc) is 2.81. The van der Waals surface area contributed by atoms with Gasteiger partial charge in [-0.3, -0.25) is 4.79 Å². The Bertz CT molecular complexity index is 1430. The molecule has 4 aromatic rings. The summed E-state index contributed by atoms with van der Waals surface area (Å²) in [5, 5.41) is 3.83. The molecule has 4 rings (SSSR count). The minimum Gasteiger partial charge on any atom is -0.493 e. The molecule has 1 amide bonds. The van der Waals surface area contributed by atoms with Gasteiger partial charge in [-0.15, -0.1) is 0 Å². The largest absolute Gasteiger partial charge is 0.493 e. The number of fused-ring (bicyclic) bond motifs is 3. The Kier molecular flexibility index (Phi) is 5.99. The number of pyridine rings is 1. The number of amides is 1. The number of hydrogen-bond donors (Lipinski definition) is 1. The minimum atomic E-state index is -0.464. The molecule has 168 valence electrons. The maximum Gasteiger partial charge on any atom is 0.346 e. The van der Waals surface area contributed by atoms with Crippen LogP contribution in [0.4, 0.5) is 5.82 Å². The van der Waals surface area contributed by atoms with Gasteiger partial charge in [-0.05, 0) is 54.5 Å². The van der Waals surface area contributed by atoms with Crippen molar-refractivity contribution in [3.63, 3.8) is 0 Å². The van der Waals surface area contributed by atoms with Crippen LogP contribution in [-0.2, 0) is 4.79 Å². The van der Waals surface area contributed by atoms with Crippen LogP contribution in [0.3, 0.4) is 0 Å². The number of methoxy groups -OCH3 is 3. The smallest absolute Gasteiger partial charge is 0.346 e. The van der Waals surface area contributed by atoms with E-state index in [0.717, 1.165) is 0 Å². The van der Waals surface area contributed by atoms with E-state index in [1.165, 1.54) is 27.4 Å². The van der Waals surface area contributed by atoms with Crippen molar-refractivity contribution in [1.29, 1.82) is 0 Å². The maximum absolute atomic E-state index is 12.6. The summed E-state index contributed by atoms with van der Waals surface area (Å²) >= 11 is 0. The summed E-state index contributed by atoms with van der Waals surface area (Å²) in [6, 6.07) is 12.2. The zero-order valence-corrected chi connectivity index (χ0v) is 18.6. The van der Waals surface area contributed by atoms with Crippen LogP contribution in [-0.4, -0.2) is 32.2 Å². The van der Waals surface area contributed by atoms with Crippen molar-refractivity contribution in [3.05, 3.63) is 70.1 Å². The lowest BCUT2D eigenvalue weighted by Crippen LogP contribution is -2.11. The van der Waals surface area contributed by atoms with Gasteiger partial charge in [-0.1, -0.05) is 12.1 Å². The molecule has 8 heteroatoms. The lowest BCUT2D eigenvalue weighted by Gasteiger charge is -2.12. The molecule has 0 bridgehead atoms. The first kappa shape index (κ1) is 21.9. The van der Waals surface area contributed by atoms with Crippen molar-refractivity contribution in [2.45, 2.75) is 6.92 Å². The molecule has 33 heavy (non-hydrogen) atoms. The molecule has 0 saturated heterocycles. The lowest BCUT2D eigenvalue weighted by molar-refractivity contribution is -0.111. The Balaban J connectivity index is 1.65. The molecule has 0 aliphatic heterocycles. The standard InChI is InChI=1S/C25H22N2O6/c1-14-11-20(27-23-16-7-5-6-8-17(16)33-25(29)22(14)23)26-21(28)10-9-15-12-18(30-2)24(32-4)19(13-15)31-3/h5-13H,1-4H3,(H,26,27,28)/b10-9+. The summed E-state index contributed by atoms with van der Waals surface area (Å²) < 4.78 is 21.4. The highest BCUT2D eigenvalue weighted by atomic mass is 16.5. The summed E-state index contributed by atoms with van der Waals surface area (Å²) in [4.78, 5) is 29.5. The first-order valence-electron chi connectivity index (χ1n) is 10.1. The number of benzene rings is 2. The highest BCUT2D eigenvalue weighted by Gasteiger charge is 2.14. The Labute approximate surface area is 189 Å². The molecule has 2 aromatic heterocycles. The Morgan fingerprint density at radius 1 is 1.03 bits per heavy atom. The second-order valence-corrected chi connectivity index (χ2v) is 7.21. The van der Waals surface area contributed by atoms with Crippen LogP contribution in [0.2, 0.25) is 0 Å². The van der Waals surface area contributed by atoms with Gasteiger partial charge in [-0.2, -0.15) is 0 Å². The highest BCUT2D eigenvalue weighted by Crippen LogP contribution is 2.38. The molecule has 0 aliphatic carbocycles. The molecule has 0 spiro atoms. The van der Waals surface area contributed by atoms with E-state index in [1.807, 2.05) is 12.1 Å². The third-order valence-corrected chi connectivity index (χ3v) is 5.13. The second-order valence-electron chi connectivity index (χ2n) is 7.21. The van der Waals surface area contributed by atoms with E-state index in [1.54, 1.807) is 43.3 Å². The first-order chi connectivity index (χ1) is 15.9. The Morgan fingerprint density at radius 2 is 1.73 bits per heavy atom. The van der Waals surface area contributed by atoms with Crippen LogP contribution in [0.5, 0.6) is 17.2 Å². The summed E-state index contributed by atoms with van der Waals surface area (Å²) in [6.07, 6.45) is 3.00. The number of para-hydroxylation sites is 1. The van der Waals surface area contributed by atoms with Gasteiger partial charge in [0, 0.05) is 11.5 Å². The van der Waals surface area contributed by atoms with Crippen molar-refractivity contribution in [1.82, 2.24) is 4.98 Å². The fourth-order valence-electron chi connectivity index (χ4n) is 3.63. The number of carbonyl (C=O) groups is 1. The molecular formula is C25H22N2O6. The number of carbonyl (C=O) groups excluding carboxylic acids is 1. The van der Waals surface area contributed by atoms with Gasteiger partial charge >= 0.3 is 5.63 Å². The van der Waals surface area contributed by atoms with E-state index in [2.05, 4.69) is 10.3 Å². The number of anilines is 1. The van der Waals surface area contributed by atoms with Crippen LogP contribution in [0.15, 0.2) is 57.8 Å². The number of aromatic nitrogens is 1. The van der Waals surface area contributed by atoms with Crippen LogP contribution in [0.1, 0.15) is 11.1 Å². The number of rotatable bonds is 6. The number of ether oxygens (including phenoxy) is 3. The van der Waals surface area contributed by atoms with E-state index < -0.39 is 5.63 Å². The number of aryl methyl sites for hydroxylation is 1. The molecule has 2 aromatic carbocycles. The topological polar surface area (TPSA) is 99.9 Å². The summed E-state index contributed by atoms with van der Waals surface area (Å²) in [5.74, 6) is 1.37. The molecular weight excluding hydrogens is 424 g/mol. The van der Waals surface area contributed by atoms with Crippen molar-refractivity contribution < 1.29 is 23.4 Å². The Morgan fingerprint density at radius 3 is 2.39 bits per heavy atom. The van der Waals surface area contributed by atoms with Gasteiger partial charge in [-0.25, -0.2) is 9.78 Å². The monoisotopic (exact) mass is 446 g/mol. The minimum absolute atomic E-state index is 0.329. The van der Waals surface area contributed by atoms with Crippen molar-refractivity contribution >= 4 is 39.7 Å². The fourth-order valence-corrected chi connectivity index (χ4v) is 3.63. The summed E-state index contributed by atoms with van der Waals surface area (Å²) in [6.45, 7) is 1.77. The molecule has 2 heterocycles. The summed E-state index contributed by atoms with van der Waals surface area (Å²) in [7, 11) is 4.57. The fraction of sp³-hybridized carbons (Fsp3) is 0.160. The molecule has 1 N–H and O–H groups in total.